The van der Waals surface area contributed by atoms with E-state index in [0.29, 0.717) is 17.9 Å². The summed E-state index contributed by atoms with van der Waals surface area (Å²) in [6.07, 6.45) is 5.38. The predicted molar refractivity (Wildman–Crippen MR) is 91.5 cm³/mol. The van der Waals surface area contributed by atoms with Gasteiger partial charge in [0.05, 0.1) is 5.69 Å². The van der Waals surface area contributed by atoms with Gasteiger partial charge in [-0.25, -0.2) is 4.98 Å². The second-order valence-electron chi connectivity index (χ2n) is 6.74. The zero-order valence-corrected chi connectivity index (χ0v) is 13.6. The minimum Gasteiger partial charge on any atom is -0.306 e. The molecule has 2 atom stereocenters. The minimum absolute atomic E-state index is 0.0536. The second-order valence-corrected chi connectivity index (χ2v) is 6.74. The van der Waals surface area contributed by atoms with Gasteiger partial charge < -0.3 is 4.98 Å². The molecular weight excluding hydrogens is 286 g/mol. The molecule has 0 aliphatic carbocycles. The van der Waals surface area contributed by atoms with Crippen molar-refractivity contribution in [3.05, 3.63) is 51.9 Å². The Labute approximate surface area is 136 Å². The van der Waals surface area contributed by atoms with Gasteiger partial charge >= 0.3 is 0 Å². The van der Waals surface area contributed by atoms with Crippen LogP contribution in [0.2, 0.25) is 0 Å². The van der Waals surface area contributed by atoms with E-state index in [4.69, 9.17) is 4.98 Å². The first-order chi connectivity index (χ1) is 11.3. The normalized spacial score (nSPS) is 23.5. The number of nitrogens with one attached hydrogen (secondary N) is 1. The van der Waals surface area contributed by atoms with E-state index in [0.717, 1.165) is 36.2 Å². The van der Waals surface area contributed by atoms with Crippen LogP contribution in [0.5, 0.6) is 0 Å². The molecule has 0 amide bonds. The molecule has 2 aliphatic rings. The summed E-state index contributed by atoms with van der Waals surface area (Å²) >= 11 is 0. The zero-order valence-electron chi connectivity index (χ0n) is 13.6. The molecule has 1 N–H and O–H groups in total. The van der Waals surface area contributed by atoms with Crippen LogP contribution in [0.15, 0.2) is 35.1 Å². The summed E-state index contributed by atoms with van der Waals surface area (Å²) in [7, 11) is 0. The number of rotatable bonds is 3. The average Bonchev–Trinajstić information content (AvgIpc) is 2.84. The standard InChI is InChI=1S/C19H23N3O/c1-2-10-22-14-8-9-15(22)12-17-16(11-14)19(23)21-18(20-17)13-6-4-3-5-7-13/h3-7,14-15H,2,8-12H2,1H3,(H,20,21,23)/t14-,15+/m1/s1. The Morgan fingerprint density at radius 2 is 1.91 bits per heavy atom. The van der Waals surface area contributed by atoms with Crippen molar-refractivity contribution in [2.75, 3.05) is 6.54 Å². The minimum atomic E-state index is 0.0536. The fourth-order valence-electron chi connectivity index (χ4n) is 4.19. The molecular formula is C19H23N3O. The molecule has 2 bridgehead atoms. The molecule has 4 heteroatoms. The van der Waals surface area contributed by atoms with Crippen LogP contribution in [0, 0.1) is 0 Å². The van der Waals surface area contributed by atoms with Crippen molar-refractivity contribution >= 4 is 0 Å². The Kier molecular flexibility index (Phi) is 3.77. The lowest BCUT2D eigenvalue weighted by atomic mass is 9.98. The monoisotopic (exact) mass is 309 g/mol. The summed E-state index contributed by atoms with van der Waals surface area (Å²) in [5.74, 6) is 0.703. The maximum Gasteiger partial charge on any atom is 0.254 e. The topological polar surface area (TPSA) is 49.0 Å². The maximum atomic E-state index is 12.6. The predicted octanol–water partition coefficient (Wildman–Crippen LogP) is 2.78. The van der Waals surface area contributed by atoms with Crippen molar-refractivity contribution in [1.82, 2.24) is 14.9 Å². The third-order valence-electron chi connectivity index (χ3n) is 5.27. The molecule has 0 spiro atoms. The van der Waals surface area contributed by atoms with Gasteiger partial charge in [0.1, 0.15) is 5.82 Å². The van der Waals surface area contributed by atoms with Crippen molar-refractivity contribution in [2.45, 2.75) is 51.1 Å². The second kappa shape index (κ2) is 5.93. The largest absolute Gasteiger partial charge is 0.306 e. The van der Waals surface area contributed by atoms with Gasteiger partial charge in [0, 0.05) is 29.6 Å². The van der Waals surface area contributed by atoms with E-state index in [1.54, 1.807) is 0 Å². The van der Waals surface area contributed by atoms with Crippen LogP contribution in [0.25, 0.3) is 11.4 Å². The molecule has 1 aromatic heterocycles. The third-order valence-corrected chi connectivity index (χ3v) is 5.27. The number of hydrogen-bond acceptors (Lipinski definition) is 3. The van der Waals surface area contributed by atoms with Gasteiger partial charge in [-0.2, -0.15) is 0 Å². The zero-order chi connectivity index (χ0) is 15.8. The highest BCUT2D eigenvalue weighted by Crippen LogP contribution is 2.32. The average molecular weight is 309 g/mol. The van der Waals surface area contributed by atoms with Crippen LogP contribution in [0.1, 0.15) is 37.4 Å². The lowest BCUT2D eigenvalue weighted by Gasteiger charge is -2.27. The fourth-order valence-corrected chi connectivity index (χ4v) is 4.19. The Morgan fingerprint density at radius 1 is 1.17 bits per heavy atom. The summed E-state index contributed by atoms with van der Waals surface area (Å²) in [6.45, 7) is 3.36. The molecule has 4 nitrogen and oxygen atoms in total. The van der Waals surface area contributed by atoms with Gasteiger partial charge in [0.2, 0.25) is 0 Å². The van der Waals surface area contributed by atoms with Gasteiger partial charge in [0.15, 0.2) is 0 Å². The van der Waals surface area contributed by atoms with Crippen LogP contribution >= 0.6 is 0 Å². The fraction of sp³-hybridized carbons (Fsp3) is 0.474. The maximum absolute atomic E-state index is 12.6. The lowest BCUT2D eigenvalue weighted by molar-refractivity contribution is 0.197. The quantitative estimate of drug-likeness (QED) is 0.948. The number of fused-ring (bicyclic) bond motifs is 3. The Hall–Kier alpha value is -1.94. The van der Waals surface area contributed by atoms with Crippen molar-refractivity contribution in [1.29, 1.82) is 0 Å². The Bertz CT molecular complexity index is 753. The summed E-state index contributed by atoms with van der Waals surface area (Å²) < 4.78 is 0. The van der Waals surface area contributed by atoms with Gasteiger partial charge in [-0.15, -0.1) is 0 Å². The van der Waals surface area contributed by atoms with E-state index < -0.39 is 0 Å². The molecule has 2 aromatic rings. The van der Waals surface area contributed by atoms with E-state index in [1.165, 1.54) is 19.3 Å². The summed E-state index contributed by atoms with van der Waals surface area (Å²) in [5, 5.41) is 0. The molecule has 2 aliphatic heterocycles. The molecule has 23 heavy (non-hydrogen) atoms. The van der Waals surface area contributed by atoms with Crippen molar-refractivity contribution < 1.29 is 0 Å². The molecule has 3 heterocycles. The highest BCUT2D eigenvalue weighted by atomic mass is 16.1. The first-order valence-electron chi connectivity index (χ1n) is 8.69. The highest BCUT2D eigenvalue weighted by molar-refractivity contribution is 5.54. The van der Waals surface area contributed by atoms with Crippen LogP contribution in [0.4, 0.5) is 0 Å². The molecule has 0 radical (unpaired) electrons. The van der Waals surface area contributed by atoms with Crippen LogP contribution in [-0.4, -0.2) is 33.5 Å². The summed E-state index contributed by atoms with van der Waals surface area (Å²) in [6, 6.07) is 11.0. The number of benzene rings is 1. The number of hydrogen-bond donors (Lipinski definition) is 1. The highest BCUT2D eigenvalue weighted by Gasteiger charge is 2.37. The van der Waals surface area contributed by atoms with Crippen LogP contribution < -0.4 is 5.56 Å². The van der Waals surface area contributed by atoms with Crippen LogP contribution in [-0.2, 0) is 12.8 Å². The van der Waals surface area contributed by atoms with Gasteiger partial charge in [0.25, 0.3) is 5.56 Å². The van der Waals surface area contributed by atoms with Crippen molar-refractivity contribution in [2.24, 2.45) is 0 Å². The van der Waals surface area contributed by atoms with Crippen molar-refractivity contribution in [3.8, 4) is 11.4 Å². The number of aromatic amines is 1. The molecule has 0 saturated carbocycles. The Balaban J connectivity index is 1.75. The van der Waals surface area contributed by atoms with E-state index in [1.807, 2.05) is 30.3 Å². The van der Waals surface area contributed by atoms with E-state index in [9.17, 15) is 4.79 Å². The van der Waals surface area contributed by atoms with Gasteiger partial charge in [-0.05, 0) is 32.2 Å². The van der Waals surface area contributed by atoms with Gasteiger partial charge in [-0.3, -0.25) is 9.69 Å². The lowest BCUT2D eigenvalue weighted by Crippen LogP contribution is -2.37. The third kappa shape index (κ3) is 2.61. The molecule has 0 unspecified atom stereocenters. The number of aromatic nitrogens is 2. The van der Waals surface area contributed by atoms with Crippen molar-refractivity contribution in [3.63, 3.8) is 0 Å². The molecule has 1 fully saturated rings. The molecule has 4 rings (SSSR count). The van der Waals surface area contributed by atoms with E-state index in [2.05, 4.69) is 16.8 Å². The molecule has 1 aromatic carbocycles. The van der Waals surface area contributed by atoms with E-state index in [-0.39, 0.29) is 5.56 Å². The Morgan fingerprint density at radius 3 is 2.65 bits per heavy atom. The smallest absolute Gasteiger partial charge is 0.254 e. The summed E-state index contributed by atoms with van der Waals surface area (Å²) in [4.78, 5) is 23.1. The van der Waals surface area contributed by atoms with Crippen LogP contribution in [0.3, 0.4) is 0 Å². The first-order valence-corrected chi connectivity index (χ1v) is 8.69. The SMILES string of the molecule is CCCN1[C@@H]2CC[C@H]1Cc1nc(-c3ccccc3)[nH]c(=O)c1C2. The first kappa shape index (κ1) is 14.6. The molecule has 120 valence electrons. The number of H-pyrrole nitrogens is 1. The molecule has 1 saturated heterocycles. The van der Waals surface area contributed by atoms with E-state index >= 15 is 0 Å². The number of nitrogens with zero attached hydrogens (tertiary/aromatic N) is 2. The van der Waals surface area contributed by atoms with Gasteiger partial charge in [-0.1, -0.05) is 37.3 Å². The summed E-state index contributed by atoms with van der Waals surface area (Å²) in [5.41, 5.74) is 2.96.